The van der Waals surface area contributed by atoms with E-state index in [0.717, 1.165) is 11.1 Å². The van der Waals surface area contributed by atoms with Gasteiger partial charge in [-0.25, -0.2) is 14.4 Å². The fourth-order valence-corrected chi connectivity index (χ4v) is 4.10. The van der Waals surface area contributed by atoms with Crippen molar-refractivity contribution >= 4 is 6.72 Å². The van der Waals surface area contributed by atoms with Crippen LogP contribution in [0.15, 0.2) is 78.1 Å². The third-order valence-electron chi connectivity index (χ3n) is 5.72. The molecule has 1 aliphatic rings. The molecule has 0 bridgehead atoms. The summed E-state index contributed by atoms with van der Waals surface area (Å²) in [5.41, 5.74) is 2.24. The Morgan fingerprint density at radius 2 is 1.94 bits per heavy atom. The second-order valence-corrected chi connectivity index (χ2v) is 7.44. The van der Waals surface area contributed by atoms with Gasteiger partial charge in [0.25, 0.3) is 0 Å². The van der Waals surface area contributed by atoms with E-state index < -0.39 is 17.5 Å². The summed E-state index contributed by atoms with van der Waals surface area (Å²) in [5.74, 6) is -0.481. The van der Waals surface area contributed by atoms with Crippen LogP contribution in [0.1, 0.15) is 29.2 Å². The topological polar surface area (TPSA) is 85.4 Å². The highest BCUT2D eigenvalue weighted by Gasteiger charge is 2.48. The molecule has 6 nitrogen and oxygen atoms in total. The smallest absolute Gasteiger partial charge is 0.133 e. The Morgan fingerprint density at radius 3 is 2.55 bits per heavy atom. The van der Waals surface area contributed by atoms with Crippen LogP contribution >= 0.6 is 0 Å². The summed E-state index contributed by atoms with van der Waals surface area (Å²) in [6, 6.07) is 13.3. The molecule has 2 heterocycles. The van der Waals surface area contributed by atoms with Gasteiger partial charge >= 0.3 is 0 Å². The SMILES string of the molecule is C=N/C=C1\N(C)[C@@H](c2ccc(C#N)cc2F)CC1(O)c1ccc(-c2cncnc2)cc1. The monoisotopic (exact) mass is 413 g/mol. The Kier molecular flexibility index (Phi) is 5.32. The van der Waals surface area contributed by atoms with Crippen LogP contribution in [0.2, 0.25) is 0 Å². The molecule has 1 unspecified atom stereocenters. The Hall–Kier alpha value is -3.89. The maximum Gasteiger partial charge on any atom is 0.133 e. The average Bonchev–Trinajstić information content (AvgIpc) is 3.06. The second kappa shape index (κ2) is 8.09. The first-order valence-electron chi connectivity index (χ1n) is 9.65. The second-order valence-electron chi connectivity index (χ2n) is 7.44. The van der Waals surface area contributed by atoms with E-state index in [0.29, 0.717) is 16.8 Å². The van der Waals surface area contributed by atoms with E-state index in [9.17, 15) is 9.50 Å². The average molecular weight is 413 g/mol. The summed E-state index contributed by atoms with van der Waals surface area (Å²) in [7, 11) is 1.78. The zero-order valence-electron chi connectivity index (χ0n) is 16.9. The molecule has 1 aromatic heterocycles. The Morgan fingerprint density at radius 1 is 1.23 bits per heavy atom. The quantitative estimate of drug-likeness (QED) is 0.655. The Balaban J connectivity index is 1.73. The van der Waals surface area contributed by atoms with Crippen LogP contribution in [0.4, 0.5) is 4.39 Å². The van der Waals surface area contributed by atoms with E-state index >= 15 is 0 Å². The molecule has 31 heavy (non-hydrogen) atoms. The van der Waals surface area contributed by atoms with Crippen molar-refractivity contribution in [2.75, 3.05) is 7.05 Å². The molecule has 0 saturated carbocycles. The van der Waals surface area contributed by atoms with Gasteiger partial charge in [0.15, 0.2) is 0 Å². The summed E-state index contributed by atoms with van der Waals surface area (Å²) >= 11 is 0. The highest BCUT2D eigenvalue weighted by atomic mass is 19.1. The van der Waals surface area contributed by atoms with Gasteiger partial charge in [0, 0.05) is 43.2 Å². The van der Waals surface area contributed by atoms with Crippen molar-refractivity contribution in [1.29, 1.82) is 5.26 Å². The lowest BCUT2D eigenvalue weighted by Crippen LogP contribution is -2.27. The Labute approximate surface area is 179 Å². The minimum Gasteiger partial charge on any atom is -0.379 e. The molecule has 3 aromatic rings. The standard InChI is InChI=1S/C24H20FN5O/c1-27-14-23-24(31,19-6-4-17(5-7-19)18-12-28-15-29-13-18)10-22(30(23)2)20-8-3-16(11-26)9-21(20)25/h3-9,12-15,22,31H,1,10H2,2H3/b23-14-/t22-,24?/m1/s1. The number of hydrogen-bond acceptors (Lipinski definition) is 6. The molecule has 1 N–H and O–H groups in total. The Bertz CT molecular complexity index is 1190. The predicted octanol–water partition coefficient (Wildman–Crippen LogP) is 3.96. The van der Waals surface area contributed by atoms with Crippen molar-refractivity contribution in [2.24, 2.45) is 4.99 Å². The van der Waals surface area contributed by atoms with Gasteiger partial charge in [-0.15, -0.1) is 0 Å². The number of aliphatic imine (C=N–C) groups is 1. The summed E-state index contributed by atoms with van der Waals surface area (Å²) in [6.45, 7) is 3.52. The van der Waals surface area contributed by atoms with Crippen LogP contribution in [0, 0.1) is 17.1 Å². The van der Waals surface area contributed by atoms with Crippen LogP contribution < -0.4 is 0 Å². The van der Waals surface area contributed by atoms with Crippen molar-refractivity contribution in [1.82, 2.24) is 14.9 Å². The molecule has 0 radical (unpaired) electrons. The molecular formula is C24H20FN5O. The van der Waals surface area contributed by atoms with E-state index in [1.807, 2.05) is 30.3 Å². The van der Waals surface area contributed by atoms with Crippen LogP contribution in [-0.4, -0.2) is 33.7 Å². The molecule has 0 spiro atoms. The van der Waals surface area contributed by atoms with E-state index in [1.165, 1.54) is 18.6 Å². The lowest BCUT2D eigenvalue weighted by molar-refractivity contribution is 0.0783. The summed E-state index contributed by atoms with van der Waals surface area (Å²) in [5, 5.41) is 20.7. The lowest BCUT2D eigenvalue weighted by Gasteiger charge is -2.26. The van der Waals surface area contributed by atoms with Gasteiger partial charge in [0.05, 0.1) is 23.4 Å². The first-order valence-corrected chi connectivity index (χ1v) is 9.65. The highest BCUT2D eigenvalue weighted by molar-refractivity contribution is 5.62. The number of rotatable bonds is 4. The van der Waals surface area contributed by atoms with Crippen LogP contribution in [0.3, 0.4) is 0 Å². The van der Waals surface area contributed by atoms with Crippen molar-refractivity contribution in [2.45, 2.75) is 18.1 Å². The van der Waals surface area contributed by atoms with Crippen molar-refractivity contribution in [3.63, 3.8) is 0 Å². The maximum atomic E-state index is 14.7. The first-order chi connectivity index (χ1) is 15.0. The normalized spacial score (nSPS) is 21.8. The predicted molar refractivity (Wildman–Crippen MR) is 115 cm³/mol. The number of likely N-dealkylation sites (N-methyl/N-ethyl adjacent to an activating group) is 1. The highest BCUT2D eigenvalue weighted by Crippen LogP contribution is 2.50. The zero-order chi connectivity index (χ0) is 22.0. The van der Waals surface area contributed by atoms with Gasteiger partial charge in [-0.3, -0.25) is 4.99 Å². The molecule has 1 saturated heterocycles. The van der Waals surface area contributed by atoms with Crippen LogP contribution in [0.25, 0.3) is 11.1 Å². The van der Waals surface area contributed by atoms with Crippen LogP contribution in [-0.2, 0) is 5.60 Å². The van der Waals surface area contributed by atoms with E-state index in [2.05, 4.69) is 21.7 Å². The van der Waals surface area contributed by atoms with Gasteiger partial charge in [-0.1, -0.05) is 30.3 Å². The van der Waals surface area contributed by atoms with E-state index in [-0.39, 0.29) is 12.0 Å². The minimum absolute atomic E-state index is 0.224. The largest absolute Gasteiger partial charge is 0.379 e. The number of aliphatic hydroxyl groups is 1. The number of likely N-dealkylation sites (tertiary alicyclic amines) is 1. The molecule has 2 atom stereocenters. The number of benzene rings is 2. The zero-order valence-corrected chi connectivity index (χ0v) is 16.9. The van der Waals surface area contributed by atoms with E-state index in [4.69, 9.17) is 5.26 Å². The molecule has 1 aliphatic heterocycles. The third-order valence-corrected chi connectivity index (χ3v) is 5.72. The lowest BCUT2D eigenvalue weighted by atomic mass is 9.86. The fourth-order valence-electron chi connectivity index (χ4n) is 4.10. The fraction of sp³-hybridized carbons (Fsp3) is 0.167. The number of halogens is 1. The third kappa shape index (κ3) is 3.58. The molecule has 0 aliphatic carbocycles. The van der Waals surface area contributed by atoms with Crippen LogP contribution in [0.5, 0.6) is 0 Å². The molecular weight excluding hydrogens is 393 g/mol. The van der Waals surface area contributed by atoms with Gasteiger partial charge in [-0.05, 0) is 30.0 Å². The summed E-state index contributed by atoms with van der Waals surface area (Å²) in [4.78, 5) is 13.7. The minimum atomic E-state index is -1.38. The number of nitrogens with zero attached hydrogens (tertiary/aromatic N) is 5. The van der Waals surface area contributed by atoms with Crippen molar-refractivity contribution in [3.8, 4) is 17.2 Å². The van der Waals surface area contributed by atoms with Gasteiger partial charge < -0.3 is 10.0 Å². The first kappa shape index (κ1) is 20.4. The summed E-state index contributed by atoms with van der Waals surface area (Å²) < 4.78 is 14.7. The molecule has 1 fully saturated rings. The molecule has 2 aromatic carbocycles. The van der Waals surface area contributed by atoms with Gasteiger partial charge in [0.2, 0.25) is 0 Å². The molecule has 7 heteroatoms. The van der Waals surface area contributed by atoms with Crippen molar-refractivity contribution in [3.05, 3.63) is 95.6 Å². The number of nitriles is 1. The van der Waals surface area contributed by atoms with E-state index in [1.54, 1.807) is 36.5 Å². The molecule has 154 valence electrons. The van der Waals surface area contributed by atoms with Gasteiger partial charge in [0.1, 0.15) is 17.7 Å². The molecule has 4 rings (SSSR count). The number of aromatic nitrogens is 2. The van der Waals surface area contributed by atoms with Crippen molar-refractivity contribution < 1.29 is 9.50 Å². The number of hydrogen-bond donors (Lipinski definition) is 1. The molecule has 0 amide bonds. The maximum absolute atomic E-state index is 14.7. The summed E-state index contributed by atoms with van der Waals surface area (Å²) in [6.07, 6.45) is 6.63. The van der Waals surface area contributed by atoms with Gasteiger partial charge in [-0.2, -0.15) is 5.26 Å².